The SMILES string of the molecule is CCCc1cc(-n2cnc(-c3cccc(N)c3)n2)ncn1. The molecule has 6 heteroatoms. The number of hydrogen-bond acceptors (Lipinski definition) is 5. The van der Waals surface area contributed by atoms with E-state index in [4.69, 9.17) is 5.73 Å². The third kappa shape index (κ3) is 2.89. The molecule has 2 N–H and O–H groups in total. The molecule has 0 aliphatic heterocycles. The van der Waals surface area contributed by atoms with Crippen molar-refractivity contribution in [3.63, 3.8) is 0 Å². The van der Waals surface area contributed by atoms with Crippen molar-refractivity contribution in [3.8, 4) is 17.2 Å². The molecule has 0 saturated carbocycles. The van der Waals surface area contributed by atoms with Crippen LogP contribution in [-0.4, -0.2) is 24.7 Å². The summed E-state index contributed by atoms with van der Waals surface area (Å²) in [5.74, 6) is 1.34. The molecule has 0 fully saturated rings. The van der Waals surface area contributed by atoms with Crippen LogP contribution in [0.4, 0.5) is 5.69 Å². The summed E-state index contributed by atoms with van der Waals surface area (Å²) < 4.78 is 1.65. The van der Waals surface area contributed by atoms with Crippen LogP contribution in [0.25, 0.3) is 17.2 Å². The summed E-state index contributed by atoms with van der Waals surface area (Å²) in [5.41, 5.74) is 8.36. The molecule has 1 aromatic carbocycles. The van der Waals surface area contributed by atoms with Crippen LogP contribution in [0, 0.1) is 0 Å². The number of anilines is 1. The highest BCUT2D eigenvalue weighted by Crippen LogP contribution is 2.18. The molecule has 2 heterocycles. The van der Waals surface area contributed by atoms with Crippen molar-refractivity contribution in [2.75, 3.05) is 5.73 Å². The molecule has 106 valence electrons. The maximum Gasteiger partial charge on any atom is 0.181 e. The van der Waals surface area contributed by atoms with E-state index in [0.717, 1.165) is 29.9 Å². The van der Waals surface area contributed by atoms with Gasteiger partial charge < -0.3 is 5.73 Å². The van der Waals surface area contributed by atoms with Gasteiger partial charge in [0.25, 0.3) is 0 Å². The second-order valence-corrected chi connectivity index (χ2v) is 4.76. The minimum absolute atomic E-state index is 0.623. The number of nitrogen functional groups attached to an aromatic ring is 1. The Kier molecular flexibility index (Phi) is 3.59. The molecule has 0 atom stereocenters. The van der Waals surface area contributed by atoms with E-state index in [9.17, 15) is 0 Å². The molecule has 0 bridgehead atoms. The molecule has 0 saturated heterocycles. The van der Waals surface area contributed by atoms with Crippen LogP contribution in [0.5, 0.6) is 0 Å². The van der Waals surface area contributed by atoms with Crippen LogP contribution in [0.2, 0.25) is 0 Å². The highest BCUT2D eigenvalue weighted by molar-refractivity contribution is 5.60. The Hall–Kier alpha value is -2.76. The van der Waals surface area contributed by atoms with Gasteiger partial charge in [-0.2, -0.15) is 0 Å². The van der Waals surface area contributed by atoms with Gasteiger partial charge in [0, 0.05) is 23.0 Å². The third-order valence-electron chi connectivity index (χ3n) is 3.09. The van der Waals surface area contributed by atoms with E-state index in [1.54, 1.807) is 17.3 Å². The predicted octanol–water partition coefficient (Wildman–Crippen LogP) is 2.26. The van der Waals surface area contributed by atoms with Crippen LogP contribution >= 0.6 is 0 Å². The van der Waals surface area contributed by atoms with Crippen molar-refractivity contribution >= 4 is 5.69 Å². The summed E-state index contributed by atoms with van der Waals surface area (Å²) in [6.07, 6.45) is 5.17. The van der Waals surface area contributed by atoms with E-state index in [0.29, 0.717) is 11.5 Å². The fraction of sp³-hybridized carbons (Fsp3) is 0.200. The molecule has 0 unspecified atom stereocenters. The number of nitrogens with two attached hydrogens (primary N) is 1. The summed E-state index contributed by atoms with van der Waals surface area (Å²) >= 11 is 0. The smallest absolute Gasteiger partial charge is 0.181 e. The predicted molar refractivity (Wildman–Crippen MR) is 80.8 cm³/mol. The molecule has 0 amide bonds. The lowest BCUT2D eigenvalue weighted by molar-refractivity contribution is 0.813. The summed E-state index contributed by atoms with van der Waals surface area (Å²) in [7, 11) is 0. The standard InChI is InChI=1S/C15H16N6/c1-2-4-13-8-14(18-9-17-13)21-10-19-15(20-21)11-5-3-6-12(16)7-11/h3,5-10H,2,4,16H2,1H3. The molecule has 2 aromatic heterocycles. The van der Waals surface area contributed by atoms with Gasteiger partial charge in [0.15, 0.2) is 11.6 Å². The average Bonchev–Trinajstić information content (AvgIpc) is 2.98. The molecule has 6 nitrogen and oxygen atoms in total. The first-order chi connectivity index (χ1) is 10.3. The molecule has 0 aliphatic rings. The topological polar surface area (TPSA) is 82.5 Å². The molecule has 0 spiro atoms. The van der Waals surface area contributed by atoms with Gasteiger partial charge in [-0.25, -0.2) is 19.6 Å². The average molecular weight is 280 g/mol. The maximum atomic E-state index is 5.78. The van der Waals surface area contributed by atoms with E-state index >= 15 is 0 Å². The normalized spacial score (nSPS) is 10.7. The number of benzene rings is 1. The van der Waals surface area contributed by atoms with E-state index in [1.165, 1.54) is 0 Å². The maximum absolute atomic E-state index is 5.78. The van der Waals surface area contributed by atoms with E-state index in [1.807, 2.05) is 30.3 Å². The summed E-state index contributed by atoms with van der Waals surface area (Å²) in [6, 6.07) is 9.43. The number of aromatic nitrogens is 5. The quantitative estimate of drug-likeness (QED) is 0.741. The van der Waals surface area contributed by atoms with E-state index in [2.05, 4.69) is 27.0 Å². The van der Waals surface area contributed by atoms with Gasteiger partial charge in [0.05, 0.1) is 0 Å². The largest absolute Gasteiger partial charge is 0.399 e. The van der Waals surface area contributed by atoms with E-state index in [-0.39, 0.29) is 0 Å². The second-order valence-electron chi connectivity index (χ2n) is 4.76. The van der Waals surface area contributed by atoms with Crippen LogP contribution in [0.3, 0.4) is 0 Å². The van der Waals surface area contributed by atoms with Crippen LogP contribution < -0.4 is 5.73 Å². The lowest BCUT2D eigenvalue weighted by Crippen LogP contribution is -2.01. The van der Waals surface area contributed by atoms with Crippen molar-refractivity contribution in [3.05, 3.63) is 48.7 Å². The minimum atomic E-state index is 0.623. The van der Waals surface area contributed by atoms with Gasteiger partial charge in [-0.3, -0.25) is 0 Å². The Balaban J connectivity index is 1.93. The van der Waals surface area contributed by atoms with Gasteiger partial charge in [0.2, 0.25) is 0 Å². The Morgan fingerprint density at radius 1 is 1.14 bits per heavy atom. The van der Waals surface area contributed by atoms with Crippen LogP contribution in [0.15, 0.2) is 43.0 Å². The van der Waals surface area contributed by atoms with Crippen molar-refractivity contribution in [2.45, 2.75) is 19.8 Å². The second kappa shape index (κ2) is 5.70. The number of hydrogen-bond donors (Lipinski definition) is 1. The number of aryl methyl sites for hydroxylation is 1. The first kappa shape index (κ1) is 13.2. The summed E-state index contributed by atoms with van der Waals surface area (Å²) in [4.78, 5) is 12.8. The van der Waals surface area contributed by atoms with Crippen molar-refractivity contribution in [1.29, 1.82) is 0 Å². The van der Waals surface area contributed by atoms with Gasteiger partial charge in [0.1, 0.15) is 12.7 Å². The zero-order valence-corrected chi connectivity index (χ0v) is 11.8. The fourth-order valence-corrected chi connectivity index (χ4v) is 2.09. The zero-order valence-electron chi connectivity index (χ0n) is 11.8. The van der Waals surface area contributed by atoms with Gasteiger partial charge in [-0.05, 0) is 18.6 Å². The lowest BCUT2D eigenvalue weighted by atomic mass is 10.2. The molecule has 0 aliphatic carbocycles. The Labute approximate surface area is 122 Å². The number of nitrogens with zero attached hydrogens (tertiary/aromatic N) is 5. The zero-order chi connectivity index (χ0) is 14.7. The van der Waals surface area contributed by atoms with Gasteiger partial charge in [-0.15, -0.1) is 5.10 Å². The minimum Gasteiger partial charge on any atom is -0.399 e. The molecule has 3 rings (SSSR count). The van der Waals surface area contributed by atoms with Crippen molar-refractivity contribution in [2.24, 2.45) is 0 Å². The Morgan fingerprint density at radius 3 is 2.86 bits per heavy atom. The van der Waals surface area contributed by atoms with E-state index < -0.39 is 0 Å². The van der Waals surface area contributed by atoms with Crippen molar-refractivity contribution in [1.82, 2.24) is 24.7 Å². The highest BCUT2D eigenvalue weighted by Gasteiger charge is 2.07. The molecule has 3 aromatic rings. The monoisotopic (exact) mass is 280 g/mol. The highest BCUT2D eigenvalue weighted by atomic mass is 15.4. The van der Waals surface area contributed by atoms with Crippen LogP contribution in [-0.2, 0) is 6.42 Å². The van der Waals surface area contributed by atoms with Gasteiger partial charge >= 0.3 is 0 Å². The van der Waals surface area contributed by atoms with Crippen LogP contribution in [0.1, 0.15) is 19.0 Å². The first-order valence-electron chi connectivity index (χ1n) is 6.85. The molecule has 0 radical (unpaired) electrons. The summed E-state index contributed by atoms with van der Waals surface area (Å²) in [6.45, 7) is 2.12. The third-order valence-corrected chi connectivity index (χ3v) is 3.09. The molecular formula is C15H16N6. The first-order valence-corrected chi connectivity index (χ1v) is 6.85. The van der Waals surface area contributed by atoms with Gasteiger partial charge in [-0.1, -0.05) is 25.5 Å². The van der Waals surface area contributed by atoms with Crippen molar-refractivity contribution < 1.29 is 0 Å². The Bertz CT molecular complexity index is 749. The lowest BCUT2D eigenvalue weighted by Gasteiger charge is -2.02. The molecule has 21 heavy (non-hydrogen) atoms. The Morgan fingerprint density at radius 2 is 2.05 bits per heavy atom. The number of rotatable bonds is 4. The molecular weight excluding hydrogens is 264 g/mol. The fourth-order valence-electron chi connectivity index (χ4n) is 2.09. The summed E-state index contributed by atoms with van der Waals surface area (Å²) in [5, 5.41) is 4.45.